The van der Waals surface area contributed by atoms with E-state index < -0.39 is 29.0 Å². The number of aromatic nitrogens is 4. The zero-order chi connectivity index (χ0) is 25.4. The van der Waals surface area contributed by atoms with Gasteiger partial charge in [0.15, 0.2) is 0 Å². The number of rotatable bonds is 4. The van der Waals surface area contributed by atoms with Gasteiger partial charge in [0.2, 0.25) is 11.9 Å². The van der Waals surface area contributed by atoms with Crippen LogP contribution in [0.4, 0.5) is 38.1 Å². The summed E-state index contributed by atoms with van der Waals surface area (Å²) in [6.45, 7) is 2.12. The highest BCUT2D eigenvalue weighted by Crippen LogP contribution is 2.31. The number of carbonyl (C=O) groups is 1. The highest BCUT2D eigenvalue weighted by atomic mass is 19.4. The molecule has 0 aromatic carbocycles. The fraction of sp³-hybridized carbons (Fsp3) is 0.550. The summed E-state index contributed by atoms with van der Waals surface area (Å²) in [6.07, 6.45) is -7.10. The van der Waals surface area contributed by atoms with Crippen molar-refractivity contribution >= 4 is 17.7 Å². The fourth-order valence-electron chi connectivity index (χ4n) is 4.14. The van der Waals surface area contributed by atoms with Crippen molar-refractivity contribution < 1.29 is 31.1 Å². The first-order chi connectivity index (χ1) is 16.4. The lowest BCUT2D eigenvalue weighted by Crippen LogP contribution is -2.49. The molecule has 35 heavy (non-hydrogen) atoms. The van der Waals surface area contributed by atoms with Crippen LogP contribution in [0.25, 0.3) is 0 Å². The van der Waals surface area contributed by atoms with Gasteiger partial charge < -0.3 is 14.7 Å². The van der Waals surface area contributed by atoms with E-state index in [-0.39, 0.29) is 30.0 Å². The quantitative estimate of drug-likeness (QED) is 0.636. The number of amides is 1. The van der Waals surface area contributed by atoms with Crippen molar-refractivity contribution in [3.63, 3.8) is 0 Å². The van der Waals surface area contributed by atoms with E-state index in [0.717, 1.165) is 12.4 Å². The summed E-state index contributed by atoms with van der Waals surface area (Å²) < 4.78 is 77.0. The number of piperazine rings is 1. The van der Waals surface area contributed by atoms with Crippen LogP contribution in [0, 0.1) is 5.92 Å². The standard InChI is InChI=1S/C20H21F6N7O2/c21-19(22,23)13-9-27-18(28-10-13)32-5-3-31(4-6-32)16(34)7-12-1-2-33(11-12)15-8-14(20(24,25)26)17(35)30-29-15/h8-10,12H,1-7,11H2,(H,30,35)/t12-/m0/s1. The van der Waals surface area contributed by atoms with Crippen LogP contribution in [0.2, 0.25) is 0 Å². The third-order valence-electron chi connectivity index (χ3n) is 6.05. The van der Waals surface area contributed by atoms with Crippen molar-refractivity contribution in [3.8, 4) is 0 Å². The van der Waals surface area contributed by atoms with Gasteiger partial charge in [0.25, 0.3) is 5.56 Å². The molecule has 1 atom stereocenters. The summed E-state index contributed by atoms with van der Waals surface area (Å²) in [5.41, 5.74) is -3.57. The maximum atomic E-state index is 13.0. The van der Waals surface area contributed by atoms with Crippen molar-refractivity contribution in [1.82, 2.24) is 25.1 Å². The Morgan fingerprint density at radius 1 is 0.971 bits per heavy atom. The van der Waals surface area contributed by atoms with E-state index in [1.54, 1.807) is 14.7 Å². The average Bonchev–Trinajstić information content (AvgIpc) is 3.26. The Balaban J connectivity index is 1.29. The van der Waals surface area contributed by atoms with E-state index in [0.29, 0.717) is 51.8 Å². The maximum absolute atomic E-state index is 13.0. The second kappa shape index (κ2) is 9.34. The zero-order valence-electron chi connectivity index (χ0n) is 18.2. The average molecular weight is 505 g/mol. The topological polar surface area (TPSA) is 98.3 Å². The van der Waals surface area contributed by atoms with Gasteiger partial charge in [-0.3, -0.25) is 9.59 Å². The molecule has 4 rings (SSSR count). The first-order valence-electron chi connectivity index (χ1n) is 10.8. The summed E-state index contributed by atoms with van der Waals surface area (Å²) in [4.78, 5) is 36.7. The molecule has 2 aliphatic heterocycles. The minimum Gasteiger partial charge on any atom is -0.355 e. The van der Waals surface area contributed by atoms with Crippen LogP contribution < -0.4 is 15.4 Å². The highest BCUT2D eigenvalue weighted by Gasteiger charge is 2.36. The molecule has 2 aliphatic rings. The van der Waals surface area contributed by atoms with Crippen LogP contribution in [0.5, 0.6) is 0 Å². The van der Waals surface area contributed by atoms with Crippen LogP contribution in [-0.2, 0) is 17.1 Å². The van der Waals surface area contributed by atoms with Crippen LogP contribution in [-0.4, -0.2) is 70.2 Å². The molecule has 2 saturated heterocycles. The van der Waals surface area contributed by atoms with Crippen molar-refractivity contribution in [1.29, 1.82) is 0 Å². The molecule has 0 saturated carbocycles. The summed E-state index contributed by atoms with van der Waals surface area (Å²) >= 11 is 0. The molecule has 2 fully saturated rings. The fourth-order valence-corrected chi connectivity index (χ4v) is 4.14. The van der Waals surface area contributed by atoms with E-state index in [9.17, 15) is 35.9 Å². The second-order valence-electron chi connectivity index (χ2n) is 8.41. The minimum atomic E-state index is -4.80. The molecule has 0 spiro atoms. The molecule has 0 aliphatic carbocycles. The van der Waals surface area contributed by atoms with Gasteiger partial charge >= 0.3 is 12.4 Å². The molecule has 9 nitrogen and oxygen atoms in total. The molecule has 0 radical (unpaired) electrons. The van der Waals surface area contributed by atoms with Gasteiger partial charge in [0.05, 0.1) is 5.56 Å². The molecule has 190 valence electrons. The lowest BCUT2D eigenvalue weighted by molar-refractivity contribution is -0.139. The Hall–Kier alpha value is -3.39. The normalized spacial score (nSPS) is 19.4. The summed E-state index contributed by atoms with van der Waals surface area (Å²) in [5, 5.41) is 5.58. The minimum absolute atomic E-state index is 0.00275. The number of aromatic amines is 1. The number of halogens is 6. The summed E-state index contributed by atoms with van der Waals surface area (Å²) in [7, 11) is 0. The SMILES string of the molecule is O=C(C[C@@H]1CCN(c2cc(C(F)(F)F)c(=O)[nH]n2)C1)N1CCN(c2ncc(C(F)(F)F)cn2)CC1. The summed E-state index contributed by atoms with van der Waals surface area (Å²) in [6, 6.07) is 0.714. The van der Waals surface area contributed by atoms with E-state index >= 15 is 0 Å². The van der Waals surface area contributed by atoms with Gasteiger partial charge in [-0.2, -0.15) is 31.4 Å². The maximum Gasteiger partial charge on any atom is 0.421 e. The summed E-state index contributed by atoms with van der Waals surface area (Å²) in [5.74, 6) is -0.0581. The Labute approximate surface area is 194 Å². The van der Waals surface area contributed by atoms with Gasteiger partial charge in [-0.15, -0.1) is 0 Å². The third-order valence-corrected chi connectivity index (χ3v) is 6.05. The van der Waals surface area contributed by atoms with Gasteiger partial charge in [-0.25, -0.2) is 15.1 Å². The third kappa shape index (κ3) is 5.65. The first kappa shape index (κ1) is 24.7. The number of alkyl halides is 6. The largest absolute Gasteiger partial charge is 0.421 e. The number of anilines is 2. The number of carbonyl (C=O) groups excluding carboxylic acids is 1. The lowest BCUT2D eigenvalue weighted by atomic mass is 10.0. The van der Waals surface area contributed by atoms with Crippen molar-refractivity contribution in [2.24, 2.45) is 5.92 Å². The van der Waals surface area contributed by atoms with Crippen LogP contribution in [0.1, 0.15) is 24.0 Å². The molecule has 1 N–H and O–H groups in total. The molecule has 0 bridgehead atoms. The molecule has 0 unspecified atom stereocenters. The van der Waals surface area contributed by atoms with E-state index in [1.165, 1.54) is 0 Å². The zero-order valence-corrected chi connectivity index (χ0v) is 18.2. The highest BCUT2D eigenvalue weighted by molar-refractivity contribution is 5.77. The molecular formula is C20H21F6N7O2. The smallest absolute Gasteiger partial charge is 0.355 e. The van der Waals surface area contributed by atoms with Crippen LogP contribution in [0.3, 0.4) is 0 Å². The van der Waals surface area contributed by atoms with Gasteiger partial charge in [0.1, 0.15) is 11.4 Å². The number of nitrogens with one attached hydrogen (secondary N) is 1. The molecule has 4 heterocycles. The monoisotopic (exact) mass is 505 g/mol. The molecule has 15 heteroatoms. The van der Waals surface area contributed by atoms with Gasteiger partial charge in [-0.05, 0) is 12.3 Å². The van der Waals surface area contributed by atoms with Gasteiger partial charge in [-0.1, -0.05) is 0 Å². The number of nitrogens with zero attached hydrogens (tertiary/aromatic N) is 6. The molecule has 1 amide bonds. The van der Waals surface area contributed by atoms with Crippen molar-refractivity contribution in [2.75, 3.05) is 49.1 Å². The number of hydrogen-bond donors (Lipinski definition) is 1. The number of H-pyrrole nitrogens is 1. The van der Waals surface area contributed by atoms with Crippen molar-refractivity contribution in [3.05, 3.63) is 39.9 Å². The van der Waals surface area contributed by atoms with Gasteiger partial charge in [0, 0.05) is 64.1 Å². The van der Waals surface area contributed by atoms with E-state index in [1.807, 2.05) is 5.10 Å². The van der Waals surface area contributed by atoms with Crippen LogP contribution in [0.15, 0.2) is 23.3 Å². The van der Waals surface area contributed by atoms with E-state index in [4.69, 9.17) is 0 Å². The lowest BCUT2D eigenvalue weighted by Gasteiger charge is -2.35. The Morgan fingerprint density at radius 3 is 2.23 bits per heavy atom. The van der Waals surface area contributed by atoms with Crippen molar-refractivity contribution in [2.45, 2.75) is 25.2 Å². The first-order valence-corrected chi connectivity index (χ1v) is 10.8. The Kier molecular flexibility index (Phi) is 6.60. The Morgan fingerprint density at radius 2 is 1.63 bits per heavy atom. The number of hydrogen-bond acceptors (Lipinski definition) is 7. The molecule has 2 aromatic heterocycles. The van der Waals surface area contributed by atoms with Crippen LogP contribution >= 0.6 is 0 Å². The molecular weight excluding hydrogens is 484 g/mol. The Bertz CT molecular complexity index is 1110. The van der Waals surface area contributed by atoms with E-state index in [2.05, 4.69) is 15.1 Å². The molecule has 2 aromatic rings. The predicted molar refractivity (Wildman–Crippen MR) is 111 cm³/mol. The second-order valence-corrected chi connectivity index (χ2v) is 8.41. The predicted octanol–water partition coefficient (Wildman–Crippen LogP) is 2.16.